The number of halogens is 1. The van der Waals surface area contributed by atoms with Gasteiger partial charge >= 0.3 is 5.97 Å². The second-order valence-corrected chi connectivity index (χ2v) is 5.80. The van der Waals surface area contributed by atoms with Crippen LogP contribution in [0.25, 0.3) is 0 Å². The predicted molar refractivity (Wildman–Crippen MR) is 70.8 cm³/mol. The summed E-state index contributed by atoms with van der Waals surface area (Å²) in [6, 6.07) is 1.34. The van der Waals surface area contributed by atoms with Crippen molar-refractivity contribution in [3.63, 3.8) is 0 Å². The average Bonchev–Trinajstić information content (AvgIpc) is 2.74. The number of hydrogen-bond acceptors (Lipinski definition) is 4. The largest absolute Gasteiger partial charge is 0.481 e. The van der Waals surface area contributed by atoms with E-state index in [9.17, 15) is 9.59 Å². The van der Waals surface area contributed by atoms with Crippen molar-refractivity contribution in [3.8, 4) is 0 Å². The molecule has 98 valence electrons. The number of furan rings is 1. The number of aliphatic carboxylic acids is 1. The second kappa shape index (κ2) is 5.79. The van der Waals surface area contributed by atoms with Gasteiger partial charge in [-0.05, 0) is 22.0 Å². The summed E-state index contributed by atoms with van der Waals surface area (Å²) in [5, 5.41) is 8.88. The first-order chi connectivity index (χ1) is 8.59. The molecule has 0 radical (unpaired) electrons. The summed E-state index contributed by atoms with van der Waals surface area (Å²) in [7, 11) is 0. The van der Waals surface area contributed by atoms with Crippen LogP contribution in [0, 0.1) is 0 Å². The Morgan fingerprint density at radius 3 is 3.00 bits per heavy atom. The van der Waals surface area contributed by atoms with Crippen molar-refractivity contribution in [2.45, 2.75) is 12.5 Å². The van der Waals surface area contributed by atoms with Crippen LogP contribution in [0.2, 0.25) is 0 Å². The highest BCUT2D eigenvalue weighted by molar-refractivity contribution is 9.10. The van der Waals surface area contributed by atoms with Crippen molar-refractivity contribution in [2.75, 3.05) is 18.1 Å². The molecule has 1 aliphatic rings. The van der Waals surface area contributed by atoms with Gasteiger partial charge in [0.05, 0.1) is 24.3 Å². The average molecular weight is 334 g/mol. The summed E-state index contributed by atoms with van der Waals surface area (Å²) < 4.78 is 5.43. The molecule has 18 heavy (non-hydrogen) atoms. The molecule has 1 fully saturated rings. The molecular weight excluding hydrogens is 322 g/mol. The van der Waals surface area contributed by atoms with Crippen LogP contribution < -0.4 is 0 Å². The first kappa shape index (κ1) is 13.5. The van der Waals surface area contributed by atoms with E-state index in [4.69, 9.17) is 9.52 Å². The lowest BCUT2D eigenvalue weighted by molar-refractivity contribution is -0.138. The van der Waals surface area contributed by atoms with E-state index in [1.54, 1.807) is 22.7 Å². The maximum Gasteiger partial charge on any atom is 0.305 e. The number of thioether (sulfide) groups is 1. The maximum absolute atomic E-state index is 12.3. The lowest BCUT2D eigenvalue weighted by atomic mass is 10.1. The smallest absolute Gasteiger partial charge is 0.305 e. The lowest BCUT2D eigenvalue weighted by Crippen LogP contribution is -2.47. The van der Waals surface area contributed by atoms with Gasteiger partial charge in [0, 0.05) is 18.1 Å². The van der Waals surface area contributed by atoms with Crippen molar-refractivity contribution >= 4 is 39.6 Å². The third-order valence-corrected chi connectivity index (χ3v) is 4.45. The van der Waals surface area contributed by atoms with E-state index in [-0.39, 0.29) is 18.4 Å². The molecule has 2 heterocycles. The number of hydrogen-bond donors (Lipinski definition) is 1. The summed E-state index contributed by atoms with van der Waals surface area (Å²) in [5.74, 6) is 0.430. The fourth-order valence-electron chi connectivity index (χ4n) is 1.89. The number of rotatable bonds is 3. The number of nitrogens with zero attached hydrogens (tertiary/aromatic N) is 1. The summed E-state index contributed by atoms with van der Waals surface area (Å²) in [6.45, 7) is 0.569. The van der Waals surface area contributed by atoms with Crippen molar-refractivity contribution in [1.82, 2.24) is 4.90 Å². The van der Waals surface area contributed by atoms with Gasteiger partial charge in [0.15, 0.2) is 4.67 Å². The molecule has 7 heteroatoms. The topological polar surface area (TPSA) is 70.8 Å². The van der Waals surface area contributed by atoms with Gasteiger partial charge < -0.3 is 14.4 Å². The van der Waals surface area contributed by atoms with E-state index in [0.29, 0.717) is 22.5 Å². The van der Waals surface area contributed by atoms with Gasteiger partial charge in [-0.3, -0.25) is 9.59 Å². The monoisotopic (exact) mass is 333 g/mol. The molecule has 1 amide bonds. The molecule has 0 saturated carbocycles. The molecule has 0 aliphatic carbocycles. The Kier molecular flexibility index (Phi) is 4.34. The first-order valence-electron chi connectivity index (χ1n) is 5.43. The number of carboxylic acids is 1. The predicted octanol–water partition coefficient (Wildman–Crippen LogP) is 2.07. The zero-order valence-electron chi connectivity index (χ0n) is 9.47. The minimum atomic E-state index is -0.883. The Morgan fingerprint density at radius 1 is 1.61 bits per heavy atom. The highest BCUT2D eigenvalue weighted by atomic mass is 79.9. The van der Waals surface area contributed by atoms with Gasteiger partial charge in [0.1, 0.15) is 0 Å². The fourth-order valence-corrected chi connectivity index (χ4v) is 3.37. The molecule has 1 aromatic rings. The molecule has 2 rings (SSSR count). The van der Waals surface area contributed by atoms with Crippen LogP contribution in [0.5, 0.6) is 0 Å². The molecule has 0 aromatic carbocycles. The lowest BCUT2D eigenvalue weighted by Gasteiger charge is -2.34. The zero-order valence-corrected chi connectivity index (χ0v) is 11.9. The Bertz CT molecular complexity index is 462. The fraction of sp³-hybridized carbons (Fsp3) is 0.455. The van der Waals surface area contributed by atoms with Crippen LogP contribution in [0.15, 0.2) is 21.4 Å². The molecule has 1 aliphatic heterocycles. The van der Waals surface area contributed by atoms with Gasteiger partial charge in [-0.1, -0.05) is 0 Å². The Morgan fingerprint density at radius 2 is 2.39 bits per heavy atom. The van der Waals surface area contributed by atoms with Crippen molar-refractivity contribution < 1.29 is 19.1 Å². The summed E-state index contributed by atoms with van der Waals surface area (Å²) in [4.78, 5) is 24.7. The minimum absolute atomic E-state index is 0.0196. The number of carboxylic acid groups (broad SMARTS) is 1. The van der Waals surface area contributed by atoms with Crippen LogP contribution >= 0.6 is 27.7 Å². The van der Waals surface area contributed by atoms with Crippen LogP contribution in [0.1, 0.15) is 16.8 Å². The van der Waals surface area contributed by atoms with E-state index in [2.05, 4.69) is 15.9 Å². The van der Waals surface area contributed by atoms with Crippen molar-refractivity contribution in [3.05, 3.63) is 22.6 Å². The van der Waals surface area contributed by atoms with E-state index in [1.165, 1.54) is 6.26 Å². The van der Waals surface area contributed by atoms with Crippen molar-refractivity contribution in [1.29, 1.82) is 0 Å². The third kappa shape index (κ3) is 2.89. The Labute approximate surface area is 117 Å². The Hall–Kier alpha value is -0.950. The van der Waals surface area contributed by atoms with Crippen LogP contribution in [0.3, 0.4) is 0 Å². The zero-order chi connectivity index (χ0) is 13.1. The second-order valence-electron chi connectivity index (χ2n) is 3.93. The van der Waals surface area contributed by atoms with Crippen molar-refractivity contribution in [2.24, 2.45) is 0 Å². The third-order valence-electron chi connectivity index (χ3n) is 2.75. The quantitative estimate of drug-likeness (QED) is 0.916. The Balaban J connectivity index is 2.16. The summed E-state index contributed by atoms with van der Waals surface area (Å²) in [5.41, 5.74) is 0.442. The molecule has 1 unspecified atom stereocenters. The number of carbonyl (C=O) groups excluding carboxylic acids is 1. The molecule has 0 bridgehead atoms. The van der Waals surface area contributed by atoms with Gasteiger partial charge in [0.25, 0.3) is 5.91 Å². The van der Waals surface area contributed by atoms with E-state index < -0.39 is 5.97 Å². The van der Waals surface area contributed by atoms with E-state index in [0.717, 1.165) is 5.75 Å². The van der Waals surface area contributed by atoms with Gasteiger partial charge in [-0.25, -0.2) is 0 Å². The highest BCUT2D eigenvalue weighted by Gasteiger charge is 2.30. The van der Waals surface area contributed by atoms with Crippen LogP contribution in [-0.4, -0.2) is 46.0 Å². The normalized spacial score (nSPS) is 19.8. The van der Waals surface area contributed by atoms with Gasteiger partial charge in [-0.15, -0.1) is 0 Å². The molecule has 0 spiro atoms. The van der Waals surface area contributed by atoms with E-state index in [1.807, 2.05) is 0 Å². The molecule has 1 aromatic heterocycles. The number of carbonyl (C=O) groups is 2. The molecule has 1 N–H and O–H groups in total. The SMILES string of the molecule is O=C(O)CC1CSCCN1C(=O)c1ccoc1Br. The summed E-state index contributed by atoms with van der Waals surface area (Å²) in [6.07, 6.45) is 1.41. The highest BCUT2D eigenvalue weighted by Crippen LogP contribution is 2.25. The summed E-state index contributed by atoms with van der Waals surface area (Å²) >= 11 is 4.84. The van der Waals surface area contributed by atoms with Crippen LogP contribution in [0.4, 0.5) is 0 Å². The molecule has 5 nitrogen and oxygen atoms in total. The minimum Gasteiger partial charge on any atom is -0.481 e. The standard InChI is InChI=1S/C11H12BrNO4S/c12-10-8(1-3-17-10)11(16)13-2-4-18-6-7(13)5-9(14)15/h1,3,7H,2,4-6H2,(H,14,15). The molecule has 1 atom stereocenters. The molecular formula is C11H12BrNO4S. The van der Waals surface area contributed by atoms with Crippen LogP contribution in [-0.2, 0) is 4.79 Å². The maximum atomic E-state index is 12.3. The van der Waals surface area contributed by atoms with E-state index >= 15 is 0 Å². The first-order valence-corrected chi connectivity index (χ1v) is 7.38. The molecule has 1 saturated heterocycles. The van der Waals surface area contributed by atoms with Gasteiger partial charge in [0.2, 0.25) is 0 Å². The van der Waals surface area contributed by atoms with Gasteiger partial charge in [-0.2, -0.15) is 11.8 Å². The number of amides is 1.